The van der Waals surface area contributed by atoms with E-state index in [0.717, 1.165) is 17.9 Å². The van der Waals surface area contributed by atoms with E-state index in [0.29, 0.717) is 0 Å². The number of nitrogens with two attached hydrogens (primary N) is 1. The first kappa shape index (κ1) is 18.6. The molecule has 22 heavy (non-hydrogen) atoms. The number of fused-ring (bicyclic) bond motifs is 2. The Morgan fingerprint density at radius 3 is 1.64 bits per heavy atom. The van der Waals surface area contributed by atoms with Gasteiger partial charge < -0.3 is 14.5 Å². The molecule has 1 aliphatic heterocycles. The van der Waals surface area contributed by atoms with Gasteiger partial charge in [-0.15, -0.1) is 9.79 Å². The fraction of sp³-hybridized carbons (Fsp3) is 0.0769. The molecule has 0 unspecified atom stereocenters. The molecule has 2 aromatic carbocycles. The molecule has 9 heteroatoms. The largest absolute Gasteiger partial charge is 0.692 e. The zero-order valence-electron chi connectivity index (χ0n) is 11.4. The minimum absolute atomic E-state index is 0.979. The molecular weight excluding hydrogens is 328 g/mol. The van der Waals surface area contributed by atoms with Crippen molar-refractivity contribution in [1.29, 1.82) is 0 Å². The van der Waals surface area contributed by atoms with Gasteiger partial charge in [-0.1, -0.05) is 36.4 Å². The van der Waals surface area contributed by atoms with Crippen molar-refractivity contribution in [2.45, 2.75) is 6.42 Å². The van der Waals surface area contributed by atoms with Gasteiger partial charge in [0.2, 0.25) is 8.53 Å². The third-order valence-corrected chi connectivity index (χ3v) is 2.55. The fourth-order valence-electron chi connectivity index (χ4n) is 1.82. The maximum atomic E-state index is 8.70. The lowest BCUT2D eigenvalue weighted by atomic mass is 10.0. The SMILES string of the molecule is NP(O)O.O=[P+](O)O.c1ccc2c(c1)Cc1ccccc1O2. The van der Waals surface area contributed by atoms with Crippen LogP contribution in [0.3, 0.4) is 0 Å². The Bertz CT molecular complexity index is 529. The van der Waals surface area contributed by atoms with Crippen molar-refractivity contribution in [3.05, 3.63) is 59.7 Å². The summed E-state index contributed by atoms with van der Waals surface area (Å²) in [4.78, 5) is 29.1. The molecule has 0 atom stereocenters. The minimum Gasteiger partial charge on any atom is -0.457 e. The highest BCUT2D eigenvalue weighted by Gasteiger charge is 2.14. The number of rotatable bonds is 0. The molecule has 1 aliphatic rings. The number of ether oxygens (including phenoxy) is 1. The van der Waals surface area contributed by atoms with E-state index in [9.17, 15) is 0 Å². The smallest absolute Gasteiger partial charge is 0.457 e. The van der Waals surface area contributed by atoms with Gasteiger partial charge in [0, 0.05) is 11.0 Å². The minimum atomic E-state index is -2.87. The molecule has 0 saturated heterocycles. The van der Waals surface area contributed by atoms with Crippen molar-refractivity contribution in [2.24, 2.45) is 5.50 Å². The van der Waals surface area contributed by atoms with Crippen LogP contribution in [-0.4, -0.2) is 19.6 Å². The van der Waals surface area contributed by atoms with Crippen LogP contribution in [0.15, 0.2) is 48.5 Å². The molecule has 0 fully saturated rings. The monoisotopic (exact) mass is 344 g/mol. The van der Waals surface area contributed by atoms with Crippen molar-refractivity contribution >= 4 is 16.8 Å². The van der Waals surface area contributed by atoms with Gasteiger partial charge >= 0.3 is 8.25 Å². The molecule has 7 nitrogen and oxygen atoms in total. The van der Waals surface area contributed by atoms with Gasteiger partial charge in [-0.2, -0.15) is 0 Å². The summed E-state index contributed by atoms with van der Waals surface area (Å²) in [6, 6.07) is 16.4. The van der Waals surface area contributed by atoms with Crippen LogP contribution in [0, 0.1) is 0 Å². The van der Waals surface area contributed by atoms with Crippen LogP contribution in [0.2, 0.25) is 0 Å². The summed E-state index contributed by atoms with van der Waals surface area (Å²) in [5.74, 6) is 1.98. The molecule has 0 amide bonds. The maximum Gasteiger partial charge on any atom is 0.692 e. The topological polar surface area (TPSA) is 133 Å². The lowest BCUT2D eigenvalue weighted by Crippen LogP contribution is -2.01. The van der Waals surface area contributed by atoms with Crippen molar-refractivity contribution in [1.82, 2.24) is 0 Å². The van der Waals surface area contributed by atoms with E-state index in [4.69, 9.17) is 28.9 Å². The Labute approximate surface area is 129 Å². The number of benzene rings is 2. The van der Waals surface area contributed by atoms with Gasteiger partial charge in [0.15, 0.2) is 0 Å². The molecule has 0 radical (unpaired) electrons. The Morgan fingerprint density at radius 1 is 0.955 bits per heavy atom. The molecule has 0 aliphatic carbocycles. The predicted octanol–water partition coefficient (Wildman–Crippen LogP) is 2.17. The summed E-state index contributed by atoms with van der Waals surface area (Å²) < 4.78 is 14.5. The van der Waals surface area contributed by atoms with Gasteiger partial charge in [-0.25, -0.2) is 0 Å². The summed E-state index contributed by atoms with van der Waals surface area (Å²) in [5, 5.41) is 0. The average Bonchev–Trinajstić information content (AvgIpc) is 2.44. The Morgan fingerprint density at radius 2 is 1.27 bits per heavy atom. The lowest BCUT2D eigenvalue weighted by Gasteiger charge is -2.19. The Hall–Kier alpha value is -1.43. The average molecular weight is 344 g/mol. The zero-order valence-corrected chi connectivity index (χ0v) is 13.2. The molecular formula is C13H16NO6P2+. The van der Waals surface area contributed by atoms with Gasteiger partial charge in [-0.05, 0) is 23.3 Å². The van der Waals surface area contributed by atoms with Crippen LogP contribution in [0.25, 0.3) is 0 Å². The molecule has 0 spiro atoms. The Balaban J connectivity index is 0.000000257. The molecule has 0 bridgehead atoms. The van der Waals surface area contributed by atoms with Crippen LogP contribution in [0.1, 0.15) is 11.1 Å². The van der Waals surface area contributed by atoms with E-state index in [1.807, 2.05) is 24.3 Å². The van der Waals surface area contributed by atoms with E-state index in [-0.39, 0.29) is 0 Å². The van der Waals surface area contributed by atoms with Gasteiger partial charge in [0.25, 0.3) is 0 Å². The Kier molecular flexibility index (Phi) is 8.09. The third kappa shape index (κ3) is 7.02. The van der Waals surface area contributed by atoms with Gasteiger partial charge in [0.05, 0.1) is 0 Å². The van der Waals surface area contributed by atoms with E-state index < -0.39 is 16.8 Å². The van der Waals surface area contributed by atoms with Crippen molar-refractivity contribution in [3.63, 3.8) is 0 Å². The maximum absolute atomic E-state index is 8.70. The molecule has 118 valence electrons. The summed E-state index contributed by atoms with van der Waals surface area (Å²) in [5.41, 5.74) is 6.83. The van der Waals surface area contributed by atoms with Crippen molar-refractivity contribution < 1.29 is 28.9 Å². The highest BCUT2D eigenvalue weighted by atomic mass is 31.2. The van der Waals surface area contributed by atoms with Crippen molar-refractivity contribution in [3.8, 4) is 11.5 Å². The van der Waals surface area contributed by atoms with Crippen LogP contribution in [0.4, 0.5) is 0 Å². The molecule has 3 rings (SSSR count). The highest BCUT2D eigenvalue weighted by molar-refractivity contribution is 7.42. The normalized spacial score (nSPS) is 10.8. The number of para-hydroxylation sites is 2. The summed E-state index contributed by atoms with van der Waals surface area (Å²) >= 11 is 0. The molecule has 0 saturated carbocycles. The predicted molar refractivity (Wildman–Crippen MR) is 83.4 cm³/mol. The van der Waals surface area contributed by atoms with Gasteiger partial charge in [-0.3, -0.25) is 5.50 Å². The highest BCUT2D eigenvalue weighted by Crippen LogP contribution is 2.35. The number of hydrogen-bond donors (Lipinski definition) is 5. The van der Waals surface area contributed by atoms with Crippen LogP contribution in [-0.2, 0) is 11.0 Å². The fourth-order valence-corrected chi connectivity index (χ4v) is 1.82. The van der Waals surface area contributed by atoms with Crippen LogP contribution < -0.4 is 10.2 Å². The van der Waals surface area contributed by atoms with E-state index in [1.54, 1.807) is 0 Å². The standard InChI is InChI=1S/C13H10O.H4NO2P.HO3P/c1-3-7-12-10(5-1)9-11-6-2-4-8-13(11)14-12;2*1-4(2)3/h1-8H,9H2;2-3H,1H2;(H-,1,2,3)/p+1. The second kappa shape index (κ2) is 9.56. The number of hydrogen-bond acceptors (Lipinski definition) is 5. The summed E-state index contributed by atoms with van der Waals surface area (Å²) in [7, 11) is -4.99. The van der Waals surface area contributed by atoms with Crippen molar-refractivity contribution in [2.75, 3.05) is 0 Å². The summed E-state index contributed by atoms with van der Waals surface area (Å²) in [6.45, 7) is 0. The van der Waals surface area contributed by atoms with Crippen LogP contribution >= 0.6 is 16.8 Å². The molecule has 0 aromatic heterocycles. The van der Waals surface area contributed by atoms with Gasteiger partial charge in [0.1, 0.15) is 11.5 Å². The van der Waals surface area contributed by atoms with E-state index in [1.165, 1.54) is 11.1 Å². The second-order valence-corrected chi connectivity index (χ2v) is 5.21. The summed E-state index contributed by atoms with van der Waals surface area (Å²) in [6.07, 6.45) is 0.979. The quantitative estimate of drug-likeness (QED) is 0.395. The second-order valence-electron chi connectivity index (χ2n) is 4.07. The molecule has 6 N–H and O–H groups in total. The first-order valence-electron chi connectivity index (χ1n) is 6.01. The zero-order chi connectivity index (χ0) is 16.5. The van der Waals surface area contributed by atoms with E-state index in [2.05, 4.69) is 29.8 Å². The first-order valence-corrected chi connectivity index (χ1v) is 8.49. The molecule has 2 aromatic rings. The van der Waals surface area contributed by atoms with E-state index >= 15 is 0 Å². The third-order valence-electron chi connectivity index (χ3n) is 2.55. The first-order chi connectivity index (χ1) is 10.4. The molecule has 1 heterocycles. The van der Waals surface area contributed by atoms with Crippen LogP contribution in [0.5, 0.6) is 11.5 Å². The lowest BCUT2D eigenvalue weighted by molar-refractivity contribution is 0.405.